The molecule has 1 aromatic rings. The van der Waals surface area contributed by atoms with Crippen molar-refractivity contribution >= 4 is 0 Å². The lowest BCUT2D eigenvalue weighted by molar-refractivity contribution is -0.887. The summed E-state index contributed by atoms with van der Waals surface area (Å²) < 4.78 is 6.00. The summed E-state index contributed by atoms with van der Waals surface area (Å²) in [5.74, 6) is 1.67. The monoisotopic (exact) mass is 248 g/mol. The van der Waals surface area contributed by atoms with Gasteiger partial charge in [-0.15, -0.1) is 0 Å². The van der Waals surface area contributed by atoms with Crippen molar-refractivity contribution in [2.24, 2.45) is 0 Å². The molecule has 1 N–H and O–H groups in total. The van der Waals surface area contributed by atoms with E-state index in [1.54, 1.807) is 4.90 Å². The molecule has 1 heterocycles. The molecule has 0 unspecified atom stereocenters. The first-order chi connectivity index (χ1) is 8.81. The van der Waals surface area contributed by atoms with Crippen LogP contribution in [0.5, 0.6) is 5.75 Å². The molecule has 1 saturated heterocycles. The van der Waals surface area contributed by atoms with Gasteiger partial charge in [0.25, 0.3) is 0 Å². The average Bonchev–Trinajstić information content (AvgIpc) is 2.92. The van der Waals surface area contributed by atoms with Gasteiger partial charge in [0.05, 0.1) is 13.1 Å². The smallest absolute Gasteiger partial charge is 0.137 e. The zero-order valence-electron chi connectivity index (χ0n) is 11.7. The van der Waals surface area contributed by atoms with Crippen LogP contribution in [0, 0.1) is 0 Å². The third kappa shape index (κ3) is 3.49. The second-order valence-corrected chi connectivity index (χ2v) is 5.40. The van der Waals surface area contributed by atoms with Crippen LogP contribution < -0.4 is 9.64 Å². The van der Waals surface area contributed by atoms with Crippen LogP contribution in [0.3, 0.4) is 0 Å². The summed E-state index contributed by atoms with van der Waals surface area (Å²) in [7, 11) is 0. The Morgan fingerprint density at radius 3 is 2.67 bits per heavy atom. The Labute approximate surface area is 111 Å². The van der Waals surface area contributed by atoms with E-state index in [9.17, 15) is 0 Å². The van der Waals surface area contributed by atoms with Gasteiger partial charge in [-0.1, -0.05) is 32.0 Å². The SMILES string of the molecule is CC[C@@H](C)c1ccccc1OCC[NH+]1CCCC1. The zero-order valence-corrected chi connectivity index (χ0v) is 11.7. The Morgan fingerprint density at radius 1 is 1.22 bits per heavy atom. The summed E-state index contributed by atoms with van der Waals surface area (Å²) in [6.07, 6.45) is 3.94. The number of hydrogen-bond acceptors (Lipinski definition) is 1. The van der Waals surface area contributed by atoms with Crippen LogP contribution in [0.1, 0.15) is 44.6 Å². The van der Waals surface area contributed by atoms with Crippen molar-refractivity contribution in [1.29, 1.82) is 0 Å². The molecule has 1 aliphatic rings. The van der Waals surface area contributed by atoms with Crippen molar-refractivity contribution in [3.05, 3.63) is 29.8 Å². The first-order valence-electron chi connectivity index (χ1n) is 7.36. The standard InChI is InChI=1S/C16H25NO/c1-3-14(2)15-8-4-5-9-16(15)18-13-12-17-10-6-7-11-17/h4-5,8-9,14H,3,6-7,10-13H2,1-2H3/p+1/t14-/m1/s1. The lowest BCUT2D eigenvalue weighted by atomic mass is 9.98. The first-order valence-corrected chi connectivity index (χ1v) is 7.36. The summed E-state index contributed by atoms with van der Waals surface area (Å²) in [4.78, 5) is 1.70. The Kier molecular flexibility index (Phi) is 5.06. The number of para-hydroxylation sites is 1. The molecule has 1 atom stereocenters. The molecule has 0 amide bonds. The molecule has 0 saturated carbocycles. The van der Waals surface area contributed by atoms with Gasteiger partial charge in [-0.25, -0.2) is 0 Å². The predicted octanol–water partition coefficient (Wildman–Crippen LogP) is 2.26. The molecule has 0 radical (unpaired) electrons. The van der Waals surface area contributed by atoms with Crippen LogP contribution >= 0.6 is 0 Å². The Bertz CT molecular complexity index is 358. The van der Waals surface area contributed by atoms with Crippen molar-refractivity contribution in [2.45, 2.75) is 39.0 Å². The fourth-order valence-corrected chi connectivity index (χ4v) is 2.67. The Morgan fingerprint density at radius 2 is 1.94 bits per heavy atom. The molecule has 0 bridgehead atoms. The van der Waals surface area contributed by atoms with E-state index < -0.39 is 0 Å². The van der Waals surface area contributed by atoms with Gasteiger partial charge in [-0.2, -0.15) is 0 Å². The molecule has 2 nitrogen and oxygen atoms in total. The minimum absolute atomic E-state index is 0.584. The van der Waals surface area contributed by atoms with E-state index in [0.717, 1.165) is 25.3 Å². The van der Waals surface area contributed by atoms with Crippen molar-refractivity contribution in [3.63, 3.8) is 0 Å². The van der Waals surface area contributed by atoms with Gasteiger partial charge in [0.1, 0.15) is 18.9 Å². The molecule has 0 aliphatic carbocycles. The zero-order chi connectivity index (χ0) is 12.8. The highest BCUT2D eigenvalue weighted by Gasteiger charge is 2.15. The van der Waals surface area contributed by atoms with Crippen molar-refractivity contribution in [3.8, 4) is 5.75 Å². The minimum Gasteiger partial charge on any atom is -0.487 e. The summed E-state index contributed by atoms with van der Waals surface area (Å²) in [5, 5.41) is 0. The molecule has 18 heavy (non-hydrogen) atoms. The fraction of sp³-hybridized carbons (Fsp3) is 0.625. The summed E-state index contributed by atoms with van der Waals surface area (Å²) in [5.41, 5.74) is 1.36. The van der Waals surface area contributed by atoms with Crippen molar-refractivity contribution in [1.82, 2.24) is 0 Å². The van der Waals surface area contributed by atoms with Crippen molar-refractivity contribution in [2.75, 3.05) is 26.2 Å². The lowest BCUT2D eigenvalue weighted by Crippen LogP contribution is -3.10. The molecule has 0 aromatic heterocycles. The van der Waals surface area contributed by atoms with Crippen LogP contribution in [-0.4, -0.2) is 26.2 Å². The Hall–Kier alpha value is -1.02. The maximum Gasteiger partial charge on any atom is 0.137 e. The topological polar surface area (TPSA) is 13.7 Å². The second kappa shape index (κ2) is 6.79. The summed E-state index contributed by atoms with van der Waals surface area (Å²) >= 11 is 0. The van der Waals surface area contributed by atoms with E-state index in [-0.39, 0.29) is 0 Å². The molecular formula is C16H26NO+. The number of benzene rings is 1. The van der Waals surface area contributed by atoms with E-state index in [1.807, 2.05) is 0 Å². The highest BCUT2D eigenvalue weighted by molar-refractivity contribution is 5.35. The fourth-order valence-electron chi connectivity index (χ4n) is 2.67. The number of nitrogens with one attached hydrogen (secondary N) is 1. The van der Waals surface area contributed by atoms with Crippen LogP contribution in [0.25, 0.3) is 0 Å². The number of rotatable bonds is 6. The highest BCUT2D eigenvalue weighted by Crippen LogP contribution is 2.28. The molecule has 100 valence electrons. The highest BCUT2D eigenvalue weighted by atomic mass is 16.5. The number of ether oxygens (including phenoxy) is 1. The van der Waals surface area contributed by atoms with Crippen LogP contribution in [0.15, 0.2) is 24.3 Å². The van der Waals surface area contributed by atoms with Gasteiger partial charge in [0.15, 0.2) is 0 Å². The van der Waals surface area contributed by atoms with E-state index in [4.69, 9.17) is 4.74 Å². The summed E-state index contributed by atoms with van der Waals surface area (Å²) in [6.45, 7) is 9.16. The quantitative estimate of drug-likeness (QED) is 0.815. The van der Waals surface area contributed by atoms with E-state index >= 15 is 0 Å². The third-order valence-electron chi connectivity index (χ3n) is 4.09. The van der Waals surface area contributed by atoms with Gasteiger partial charge in [-0.3, -0.25) is 0 Å². The molecule has 0 spiro atoms. The molecule has 1 aromatic carbocycles. The van der Waals surface area contributed by atoms with Crippen molar-refractivity contribution < 1.29 is 9.64 Å². The maximum absolute atomic E-state index is 6.00. The summed E-state index contributed by atoms with van der Waals surface area (Å²) in [6, 6.07) is 8.50. The Balaban J connectivity index is 1.87. The van der Waals surface area contributed by atoms with Gasteiger partial charge in [0.2, 0.25) is 0 Å². The van der Waals surface area contributed by atoms with E-state index in [0.29, 0.717) is 5.92 Å². The van der Waals surface area contributed by atoms with E-state index in [2.05, 4.69) is 38.1 Å². The number of likely N-dealkylation sites (tertiary alicyclic amines) is 1. The molecule has 2 heteroatoms. The average molecular weight is 248 g/mol. The van der Waals surface area contributed by atoms with Crippen LogP contribution in [0.2, 0.25) is 0 Å². The van der Waals surface area contributed by atoms with Crippen LogP contribution in [0.4, 0.5) is 0 Å². The lowest BCUT2D eigenvalue weighted by Gasteiger charge is -2.17. The van der Waals surface area contributed by atoms with E-state index in [1.165, 1.54) is 31.5 Å². The number of hydrogen-bond donors (Lipinski definition) is 1. The minimum atomic E-state index is 0.584. The molecule has 2 rings (SSSR count). The molecule has 1 aliphatic heterocycles. The molecule has 1 fully saturated rings. The third-order valence-corrected chi connectivity index (χ3v) is 4.09. The van der Waals surface area contributed by atoms with Crippen LogP contribution in [-0.2, 0) is 0 Å². The second-order valence-electron chi connectivity index (χ2n) is 5.40. The first kappa shape index (κ1) is 13.4. The predicted molar refractivity (Wildman–Crippen MR) is 75.4 cm³/mol. The largest absolute Gasteiger partial charge is 0.487 e. The van der Waals surface area contributed by atoms with Gasteiger partial charge < -0.3 is 9.64 Å². The number of quaternary nitrogens is 1. The normalized spacial score (nSPS) is 17.9. The molecular weight excluding hydrogens is 222 g/mol. The van der Waals surface area contributed by atoms with Gasteiger partial charge >= 0.3 is 0 Å². The van der Waals surface area contributed by atoms with Gasteiger partial charge in [0, 0.05) is 12.8 Å². The van der Waals surface area contributed by atoms with Gasteiger partial charge in [-0.05, 0) is 24.0 Å². The maximum atomic E-state index is 6.00.